The number of halogens is 1. The van der Waals surface area contributed by atoms with Crippen LogP contribution >= 0.6 is 11.6 Å². The highest BCUT2D eigenvalue weighted by atomic mass is 35.5. The Bertz CT molecular complexity index is 1100. The SMILES string of the molecule is CS(=O)(=O)c1ccc(C(CC2CCCC2)C(=O)Nc2ccn(CC#CCN)n2)cc1Cl. The van der Waals surface area contributed by atoms with Crippen molar-refractivity contribution < 1.29 is 13.2 Å². The molecule has 3 rings (SSSR count). The number of sulfone groups is 1. The van der Waals surface area contributed by atoms with Gasteiger partial charge in [-0.05, 0) is 30.0 Å². The van der Waals surface area contributed by atoms with Crippen molar-refractivity contribution in [3.63, 3.8) is 0 Å². The number of aromatic nitrogens is 2. The number of nitrogens with two attached hydrogens (primary N) is 1. The van der Waals surface area contributed by atoms with E-state index in [1.807, 2.05) is 0 Å². The number of carbonyl (C=O) groups is 1. The average molecular weight is 463 g/mol. The highest BCUT2D eigenvalue weighted by Gasteiger charge is 2.28. The maximum absolute atomic E-state index is 13.2. The van der Waals surface area contributed by atoms with Crippen LogP contribution in [0.25, 0.3) is 0 Å². The number of anilines is 1. The molecule has 7 nitrogen and oxygen atoms in total. The minimum atomic E-state index is -3.44. The fourth-order valence-corrected chi connectivity index (χ4v) is 5.29. The van der Waals surface area contributed by atoms with Gasteiger partial charge < -0.3 is 11.1 Å². The number of hydrogen-bond acceptors (Lipinski definition) is 5. The minimum absolute atomic E-state index is 0.0651. The normalized spacial score (nSPS) is 15.3. The Morgan fingerprint density at radius 3 is 2.71 bits per heavy atom. The predicted octanol–water partition coefficient (Wildman–Crippen LogP) is 3.20. The third-order valence-electron chi connectivity index (χ3n) is 5.48. The van der Waals surface area contributed by atoms with E-state index >= 15 is 0 Å². The molecule has 0 bridgehead atoms. The molecule has 0 spiro atoms. The minimum Gasteiger partial charge on any atom is -0.320 e. The fraction of sp³-hybridized carbons (Fsp3) is 0.455. The van der Waals surface area contributed by atoms with Crippen molar-refractivity contribution in [2.45, 2.75) is 49.5 Å². The molecule has 166 valence electrons. The summed E-state index contributed by atoms with van der Waals surface area (Å²) in [6.07, 6.45) is 8.06. The van der Waals surface area contributed by atoms with Crippen molar-refractivity contribution in [1.82, 2.24) is 9.78 Å². The number of hydrogen-bond donors (Lipinski definition) is 2. The number of carbonyl (C=O) groups excluding carboxylic acids is 1. The summed E-state index contributed by atoms with van der Waals surface area (Å²) in [5.41, 5.74) is 6.06. The summed E-state index contributed by atoms with van der Waals surface area (Å²) in [7, 11) is -3.44. The number of benzene rings is 1. The van der Waals surface area contributed by atoms with Crippen molar-refractivity contribution in [2.75, 3.05) is 18.1 Å². The van der Waals surface area contributed by atoms with E-state index in [0.717, 1.165) is 19.1 Å². The molecule has 31 heavy (non-hydrogen) atoms. The van der Waals surface area contributed by atoms with Crippen molar-refractivity contribution in [2.24, 2.45) is 11.7 Å². The van der Waals surface area contributed by atoms with Gasteiger partial charge in [0.15, 0.2) is 15.7 Å². The molecule has 2 aromatic rings. The smallest absolute Gasteiger partial charge is 0.233 e. The van der Waals surface area contributed by atoms with Crippen LogP contribution in [0, 0.1) is 17.8 Å². The van der Waals surface area contributed by atoms with Gasteiger partial charge in [0.2, 0.25) is 5.91 Å². The summed E-state index contributed by atoms with van der Waals surface area (Å²) in [6.45, 7) is 0.676. The molecular weight excluding hydrogens is 436 g/mol. The molecule has 1 aromatic carbocycles. The summed E-state index contributed by atoms with van der Waals surface area (Å²) < 4.78 is 25.4. The number of nitrogens with one attached hydrogen (secondary N) is 1. The lowest BCUT2D eigenvalue weighted by molar-refractivity contribution is -0.118. The van der Waals surface area contributed by atoms with Gasteiger partial charge in [0.1, 0.15) is 6.54 Å². The van der Waals surface area contributed by atoms with Crippen LogP contribution in [0.15, 0.2) is 35.4 Å². The van der Waals surface area contributed by atoms with E-state index in [9.17, 15) is 13.2 Å². The topological polar surface area (TPSA) is 107 Å². The molecule has 1 atom stereocenters. The lowest BCUT2D eigenvalue weighted by atomic mass is 9.87. The van der Waals surface area contributed by atoms with Gasteiger partial charge in [0.25, 0.3) is 0 Å². The Labute approximate surface area is 188 Å². The molecule has 1 unspecified atom stereocenters. The Morgan fingerprint density at radius 2 is 2.06 bits per heavy atom. The first-order chi connectivity index (χ1) is 14.8. The first kappa shape index (κ1) is 23.3. The first-order valence-electron chi connectivity index (χ1n) is 10.3. The number of nitrogens with zero attached hydrogens (tertiary/aromatic N) is 2. The average Bonchev–Trinajstić information content (AvgIpc) is 3.37. The van der Waals surface area contributed by atoms with Gasteiger partial charge in [-0.3, -0.25) is 9.48 Å². The van der Waals surface area contributed by atoms with Crippen LogP contribution < -0.4 is 11.1 Å². The second-order valence-electron chi connectivity index (χ2n) is 7.85. The van der Waals surface area contributed by atoms with Crippen molar-refractivity contribution in [3.8, 4) is 11.8 Å². The lowest BCUT2D eigenvalue weighted by Gasteiger charge is -2.21. The lowest BCUT2D eigenvalue weighted by Crippen LogP contribution is -2.23. The molecule has 1 heterocycles. The zero-order valence-electron chi connectivity index (χ0n) is 17.5. The van der Waals surface area contributed by atoms with E-state index in [1.54, 1.807) is 29.1 Å². The van der Waals surface area contributed by atoms with Crippen molar-refractivity contribution in [1.29, 1.82) is 0 Å². The van der Waals surface area contributed by atoms with Crippen LogP contribution in [0.1, 0.15) is 43.6 Å². The predicted molar refractivity (Wildman–Crippen MR) is 122 cm³/mol. The summed E-state index contributed by atoms with van der Waals surface area (Å²) in [5, 5.41) is 7.35. The second kappa shape index (κ2) is 10.3. The monoisotopic (exact) mass is 462 g/mol. The van der Waals surface area contributed by atoms with E-state index in [0.29, 0.717) is 30.3 Å². The fourth-order valence-electron chi connectivity index (χ4n) is 3.95. The molecule has 0 saturated heterocycles. The van der Waals surface area contributed by atoms with Crippen LogP contribution in [0.3, 0.4) is 0 Å². The summed E-state index contributed by atoms with van der Waals surface area (Å²) >= 11 is 6.26. The van der Waals surface area contributed by atoms with Crippen LogP contribution in [-0.4, -0.2) is 36.9 Å². The Hall–Kier alpha value is -2.34. The third-order valence-corrected chi connectivity index (χ3v) is 7.06. The van der Waals surface area contributed by atoms with Crippen molar-refractivity contribution >= 4 is 33.2 Å². The third kappa shape index (κ3) is 6.33. The van der Waals surface area contributed by atoms with Crippen LogP contribution in [0.5, 0.6) is 0 Å². The number of amides is 1. The molecule has 0 aliphatic heterocycles. The van der Waals surface area contributed by atoms with Gasteiger partial charge in [-0.25, -0.2) is 8.42 Å². The zero-order chi connectivity index (χ0) is 22.4. The molecule has 9 heteroatoms. The van der Waals surface area contributed by atoms with Crippen molar-refractivity contribution in [3.05, 3.63) is 41.0 Å². The molecule has 1 fully saturated rings. The first-order valence-corrected chi connectivity index (χ1v) is 12.5. The summed E-state index contributed by atoms with van der Waals surface area (Å²) in [5.74, 6) is 5.92. The van der Waals surface area contributed by atoms with Gasteiger partial charge in [-0.2, -0.15) is 5.10 Å². The van der Waals surface area contributed by atoms with Gasteiger partial charge in [0, 0.05) is 18.5 Å². The van der Waals surface area contributed by atoms with E-state index < -0.39 is 15.8 Å². The zero-order valence-corrected chi connectivity index (χ0v) is 19.0. The Morgan fingerprint density at radius 1 is 1.32 bits per heavy atom. The van der Waals surface area contributed by atoms with Gasteiger partial charge >= 0.3 is 0 Å². The van der Waals surface area contributed by atoms with E-state index in [4.69, 9.17) is 17.3 Å². The summed E-state index contributed by atoms with van der Waals surface area (Å²) in [4.78, 5) is 13.3. The van der Waals surface area contributed by atoms with Crippen LogP contribution in [0.2, 0.25) is 5.02 Å². The maximum Gasteiger partial charge on any atom is 0.233 e. The molecule has 1 saturated carbocycles. The Balaban J connectivity index is 1.81. The summed E-state index contributed by atoms with van der Waals surface area (Å²) in [6, 6.07) is 6.47. The highest BCUT2D eigenvalue weighted by molar-refractivity contribution is 7.90. The largest absolute Gasteiger partial charge is 0.320 e. The highest BCUT2D eigenvalue weighted by Crippen LogP contribution is 2.36. The Kier molecular flexibility index (Phi) is 7.76. The molecular formula is C22H27ClN4O3S. The van der Waals surface area contributed by atoms with E-state index in [1.165, 1.54) is 18.9 Å². The van der Waals surface area contributed by atoms with Gasteiger partial charge in [-0.1, -0.05) is 55.2 Å². The standard InChI is InChI=1S/C22H27ClN4O3S/c1-31(29,30)20-9-8-17(15-19(20)23)18(14-16-6-2-3-7-16)22(28)25-21-10-13-27(26-21)12-5-4-11-24/h8-10,13,15-16,18H,2-3,6-7,11-12,14,24H2,1H3,(H,25,26,28). The molecule has 3 N–H and O–H groups in total. The van der Waals surface area contributed by atoms with Gasteiger partial charge in [0.05, 0.1) is 22.4 Å². The second-order valence-corrected chi connectivity index (χ2v) is 10.2. The quantitative estimate of drug-likeness (QED) is 0.614. The molecule has 0 radical (unpaired) electrons. The van der Waals surface area contributed by atoms with E-state index in [2.05, 4.69) is 22.3 Å². The van der Waals surface area contributed by atoms with Gasteiger partial charge in [-0.15, -0.1) is 0 Å². The van der Waals surface area contributed by atoms with Crippen LogP contribution in [0.4, 0.5) is 5.82 Å². The number of rotatable bonds is 7. The molecule has 1 amide bonds. The van der Waals surface area contributed by atoms with E-state index in [-0.39, 0.29) is 22.4 Å². The molecule has 1 aliphatic carbocycles. The van der Waals surface area contributed by atoms with Crippen LogP contribution in [-0.2, 0) is 21.2 Å². The maximum atomic E-state index is 13.2. The molecule has 1 aromatic heterocycles. The molecule has 1 aliphatic rings.